The van der Waals surface area contributed by atoms with Gasteiger partial charge in [0.25, 0.3) is 0 Å². The Balaban J connectivity index is 2.13. The van der Waals surface area contributed by atoms with Crippen LogP contribution < -0.4 is 5.32 Å². The molecule has 0 saturated heterocycles. The molecule has 0 spiro atoms. The zero-order chi connectivity index (χ0) is 23.3. The first kappa shape index (κ1) is 23.7. The van der Waals surface area contributed by atoms with E-state index in [0.29, 0.717) is 12.7 Å². The summed E-state index contributed by atoms with van der Waals surface area (Å²) in [5, 5.41) is 2.82. The maximum atomic E-state index is 14.4. The van der Waals surface area contributed by atoms with E-state index in [0.717, 1.165) is 18.3 Å². The standard InChI is InChI=1S/C21H19ClF3N3O4/c1-30-5-6-32-10-16-17(21(29)31-2)18(13-4-3-11(23)7-14(13)22)28-20(27-16)19-15(25)8-12(24)9-26-19/h3-4,7-9,18H,5-6,10H2,1-2H3,(H,27,28). The van der Waals surface area contributed by atoms with Gasteiger partial charge in [0.05, 0.1) is 44.4 Å². The summed E-state index contributed by atoms with van der Waals surface area (Å²) in [6, 6.07) is 3.13. The van der Waals surface area contributed by atoms with Gasteiger partial charge in [0.2, 0.25) is 0 Å². The van der Waals surface area contributed by atoms with Crippen molar-refractivity contribution < 1.29 is 32.2 Å². The number of esters is 1. The Labute approximate surface area is 186 Å². The molecule has 11 heteroatoms. The van der Waals surface area contributed by atoms with Gasteiger partial charge in [-0.15, -0.1) is 0 Å². The number of carbonyl (C=O) groups excluding carboxylic acids is 1. The molecular weight excluding hydrogens is 451 g/mol. The first-order valence-corrected chi connectivity index (χ1v) is 9.72. The van der Waals surface area contributed by atoms with Crippen LogP contribution in [-0.4, -0.2) is 50.8 Å². The molecule has 1 N–H and O–H groups in total. The molecule has 0 amide bonds. The van der Waals surface area contributed by atoms with E-state index in [4.69, 9.17) is 25.8 Å². The lowest BCUT2D eigenvalue weighted by molar-refractivity contribution is -0.136. The number of hydrogen-bond acceptors (Lipinski definition) is 7. The number of methoxy groups -OCH3 is 2. The third-order valence-corrected chi connectivity index (χ3v) is 4.83. The number of benzene rings is 1. The molecule has 32 heavy (non-hydrogen) atoms. The average Bonchev–Trinajstić information content (AvgIpc) is 2.76. The van der Waals surface area contributed by atoms with Crippen LogP contribution in [0.1, 0.15) is 17.3 Å². The number of aromatic nitrogens is 1. The molecule has 7 nitrogen and oxygen atoms in total. The van der Waals surface area contributed by atoms with Crippen LogP contribution in [0.15, 0.2) is 46.7 Å². The molecule has 0 aliphatic carbocycles. The fourth-order valence-corrected chi connectivity index (χ4v) is 3.30. The van der Waals surface area contributed by atoms with Gasteiger partial charge in [-0.3, -0.25) is 4.99 Å². The largest absolute Gasteiger partial charge is 0.466 e. The quantitative estimate of drug-likeness (QED) is 0.472. The fraction of sp³-hybridized carbons (Fsp3) is 0.286. The number of rotatable bonds is 8. The van der Waals surface area contributed by atoms with Crippen molar-refractivity contribution in [2.45, 2.75) is 6.04 Å². The predicted molar refractivity (Wildman–Crippen MR) is 110 cm³/mol. The Morgan fingerprint density at radius 3 is 2.59 bits per heavy atom. The van der Waals surface area contributed by atoms with Crippen molar-refractivity contribution in [3.63, 3.8) is 0 Å². The summed E-state index contributed by atoms with van der Waals surface area (Å²) in [5.41, 5.74) is 0.218. The van der Waals surface area contributed by atoms with Gasteiger partial charge < -0.3 is 19.5 Å². The van der Waals surface area contributed by atoms with Crippen molar-refractivity contribution in [2.24, 2.45) is 4.99 Å². The van der Waals surface area contributed by atoms with Gasteiger partial charge in [-0.25, -0.2) is 22.9 Å². The molecule has 1 aliphatic heterocycles. The number of halogens is 4. The second-order valence-corrected chi connectivity index (χ2v) is 6.99. The van der Waals surface area contributed by atoms with Crippen LogP contribution in [-0.2, 0) is 19.0 Å². The number of nitrogens with zero attached hydrogens (tertiary/aromatic N) is 2. The van der Waals surface area contributed by atoms with Gasteiger partial charge in [-0.2, -0.15) is 0 Å². The first-order chi connectivity index (χ1) is 15.3. The lowest BCUT2D eigenvalue weighted by Gasteiger charge is -2.27. The second-order valence-electron chi connectivity index (χ2n) is 6.58. The van der Waals surface area contributed by atoms with Crippen molar-refractivity contribution in [3.8, 4) is 0 Å². The van der Waals surface area contributed by atoms with Gasteiger partial charge in [-0.1, -0.05) is 17.7 Å². The van der Waals surface area contributed by atoms with Crippen LogP contribution in [0.3, 0.4) is 0 Å². The zero-order valence-corrected chi connectivity index (χ0v) is 17.9. The lowest BCUT2D eigenvalue weighted by atomic mass is 9.95. The van der Waals surface area contributed by atoms with Crippen molar-refractivity contribution >= 4 is 23.4 Å². The molecule has 0 saturated carbocycles. The molecular formula is C21H19ClF3N3O4. The van der Waals surface area contributed by atoms with Crippen molar-refractivity contribution in [3.05, 3.63) is 75.5 Å². The van der Waals surface area contributed by atoms with E-state index >= 15 is 0 Å². The highest BCUT2D eigenvalue weighted by Crippen LogP contribution is 2.36. The maximum Gasteiger partial charge on any atom is 0.338 e. The topological polar surface area (TPSA) is 82.0 Å². The third-order valence-electron chi connectivity index (χ3n) is 4.50. The van der Waals surface area contributed by atoms with E-state index in [1.807, 2.05) is 0 Å². The van der Waals surface area contributed by atoms with E-state index in [2.05, 4.69) is 15.3 Å². The minimum Gasteiger partial charge on any atom is -0.466 e. The molecule has 2 aromatic rings. The normalized spacial score (nSPS) is 15.9. The molecule has 170 valence electrons. The van der Waals surface area contributed by atoms with E-state index in [9.17, 15) is 18.0 Å². The van der Waals surface area contributed by atoms with Gasteiger partial charge in [0.1, 0.15) is 23.4 Å². The summed E-state index contributed by atoms with van der Waals surface area (Å²) in [6.07, 6.45) is 0.830. The SMILES string of the molecule is COCCOCC1=C(C(=O)OC)C(c2ccc(F)cc2Cl)N=C(c2ncc(F)cc2F)N1. The maximum absolute atomic E-state index is 14.4. The Bertz CT molecular complexity index is 1080. The third kappa shape index (κ3) is 5.26. The van der Waals surface area contributed by atoms with E-state index < -0.39 is 29.5 Å². The minimum absolute atomic E-state index is 0.00593. The van der Waals surface area contributed by atoms with Gasteiger partial charge in [0.15, 0.2) is 11.7 Å². The molecule has 0 fully saturated rings. The van der Waals surface area contributed by atoms with Gasteiger partial charge in [0, 0.05) is 23.8 Å². The molecule has 2 heterocycles. The minimum atomic E-state index is -1.10. The number of nitrogens with one attached hydrogen (secondary N) is 1. The first-order valence-electron chi connectivity index (χ1n) is 9.35. The van der Waals surface area contributed by atoms with E-state index in [1.165, 1.54) is 20.3 Å². The summed E-state index contributed by atoms with van der Waals surface area (Å²) in [6.45, 7) is 0.377. The molecule has 0 bridgehead atoms. The van der Waals surface area contributed by atoms with Crippen LogP contribution >= 0.6 is 11.6 Å². The van der Waals surface area contributed by atoms with Crippen LogP contribution in [0.2, 0.25) is 5.02 Å². The van der Waals surface area contributed by atoms with Crippen molar-refractivity contribution in [1.29, 1.82) is 0 Å². The zero-order valence-electron chi connectivity index (χ0n) is 17.1. The van der Waals surface area contributed by atoms with Crippen LogP contribution in [0.4, 0.5) is 13.2 Å². The molecule has 1 unspecified atom stereocenters. The second kappa shape index (κ2) is 10.6. The monoisotopic (exact) mass is 469 g/mol. The fourth-order valence-electron chi connectivity index (χ4n) is 3.03. The van der Waals surface area contributed by atoms with Crippen LogP contribution in [0.25, 0.3) is 0 Å². The Hall–Kier alpha value is -2.95. The van der Waals surface area contributed by atoms with Gasteiger partial charge >= 0.3 is 5.97 Å². The van der Waals surface area contributed by atoms with E-state index in [1.54, 1.807) is 0 Å². The molecule has 1 aromatic carbocycles. The Morgan fingerprint density at radius 1 is 1.16 bits per heavy atom. The Morgan fingerprint density at radius 2 is 1.94 bits per heavy atom. The number of hydrogen-bond donors (Lipinski definition) is 1. The van der Waals surface area contributed by atoms with Crippen LogP contribution in [0.5, 0.6) is 0 Å². The average molecular weight is 470 g/mol. The number of ether oxygens (including phenoxy) is 3. The van der Waals surface area contributed by atoms with E-state index in [-0.39, 0.29) is 46.6 Å². The van der Waals surface area contributed by atoms with Crippen molar-refractivity contribution in [2.75, 3.05) is 34.0 Å². The molecule has 1 aromatic heterocycles. The molecule has 0 radical (unpaired) electrons. The number of pyridine rings is 1. The summed E-state index contributed by atoms with van der Waals surface area (Å²) < 4.78 is 56.8. The van der Waals surface area contributed by atoms with Gasteiger partial charge in [-0.05, 0) is 12.1 Å². The molecule has 1 aliphatic rings. The molecule has 3 rings (SSSR count). The highest BCUT2D eigenvalue weighted by atomic mass is 35.5. The summed E-state index contributed by atoms with van der Waals surface area (Å²) in [4.78, 5) is 20.8. The summed E-state index contributed by atoms with van der Waals surface area (Å²) in [7, 11) is 2.68. The number of aliphatic imine (C=N–C) groups is 1. The smallest absolute Gasteiger partial charge is 0.338 e. The predicted octanol–water partition coefficient (Wildman–Crippen LogP) is 3.33. The summed E-state index contributed by atoms with van der Waals surface area (Å²) in [5.74, 6) is -3.26. The number of carbonyl (C=O) groups is 1. The lowest BCUT2D eigenvalue weighted by Crippen LogP contribution is -2.36. The van der Waals surface area contributed by atoms with Crippen LogP contribution in [0, 0.1) is 17.5 Å². The summed E-state index contributed by atoms with van der Waals surface area (Å²) >= 11 is 6.22. The number of amidine groups is 1. The highest BCUT2D eigenvalue weighted by molar-refractivity contribution is 6.31. The molecule has 1 atom stereocenters. The van der Waals surface area contributed by atoms with Crippen molar-refractivity contribution in [1.82, 2.24) is 10.3 Å². The highest BCUT2D eigenvalue weighted by Gasteiger charge is 2.34. The Kier molecular flexibility index (Phi) is 7.84.